The Hall–Kier alpha value is -0.330. The van der Waals surface area contributed by atoms with Gasteiger partial charge in [0.2, 0.25) is 0 Å². The molecule has 0 aromatic carbocycles. The van der Waals surface area contributed by atoms with Crippen LogP contribution >= 0.6 is 0 Å². The van der Waals surface area contributed by atoms with Crippen LogP contribution in [0.15, 0.2) is 0 Å². The molecule has 4 atom stereocenters. The second-order valence-electron chi connectivity index (χ2n) is 5.73. The van der Waals surface area contributed by atoms with Gasteiger partial charge in [0.25, 0.3) is 0 Å². The molecule has 14 heavy (non-hydrogen) atoms. The van der Waals surface area contributed by atoms with Gasteiger partial charge < -0.3 is 0 Å². The summed E-state index contributed by atoms with van der Waals surface area (Å²) in [4.78, 5) is 12.3. The van der Waals surface area contributed by atoms with Crippen LogP contribution in [-0.2, 0) is 4.79 Å². The first kappa shape index (κ1) is 10.2. The summed E-state index contributed by atoms with van der Waals surface area (Å²) >= 11 is 0. The lowest BCUT2D eigenvalue weighted by Crippen LogP contribution is -2.48. The van der Waals surface area contributed by atoms with Crippen LogP contribution in [0.2, 0.25) is 0 Å². The van der Waals surface area contributed by atoms with Gasteiger partial charge in [0.1, 0.15) is 5.78 Å². The van der Waals surface area contributed by atoms with Gasteiger partial charge in [-0.1, -0.05) is 33.6 Å². The zero-order chi connectivity index (χ0) is 10.3. The molecule has 0 spiro atoms. The number of hydrogen-bond donors (Lipinski definition) is 0. The van der Waals surface area contributed by atoms with Gasteiger partial charge in [-0.15, -0.1) is 0 Å². The van der Waals surface area contributed by atoms with Crippen molar-refractivity contribution in [2.45, 2.75) is 52.9 Å². The maximum atomic E-state index is 12.3. The van der Waals surface area contributed by atoms with E-state index in [0.29, 0.717) is 23.5 Å². The lowest BCUT2D eigenvalue weighted by atomic mass is 9.55. The highest BCUT2D eigenvalue weighted by Gasteiger charge is 2.49. The largest absolute Gasteiger partial charge is 0.299 e. The Bertz CT molecular complexity index is 246. The van der Waals surface area contributed by atoms with Gasteiger partial charge in [-0.3, -0.25) is 4.79 Å². The second-order valence-corrected chi connectivity index (χ2v) is 5.73. The Morgan fingerprint density at radius 1 is 1.29 bits per heavy atom. The van der Waals surface area contributed by atoms with Gasteiger partial charge in [-0.2, -0.15) is 0 Å². The van der Waals surface area contributed by atoms with Crippen molar-refractivity contribution >= 4 is 5.78 Å². The second kappa shape index (κ2) is 3.36. The summed E-state index contributed by atoms with van der Waals surface area (Å²) in [5.74, 6) is 2.16. The SMILES string of the molecule is CC1CC2CCCCC2(C)C(=O)C1C. The van der Waals surface area contributed by atoms with Crippen LogP contribution in [0.4, 0.5) is 0 Å². The zero-order valence-corrected chi connectivity index (χ0v) is 9.68. The zero-order valence-electron chi connectivity index (χ0n) is 9.68. The minimum Gasteiger partial charge on any atom is -0.299 e. The Kier molecular flexibility index (Phi) is 2.45. The molecule has 0 bridgehead atoms. The predicted molar refractivity (Wildman–Crippen MR) is 58.0 cm³/mol. The monoisotopic (exact) mass is 194 g/mol. The Labute approximate surface area is 87.3 Å². The summed E-state index contributed by atoms with van der Waals surface area (Å²) in [7, 11) is 0. The van der Waals surface area contributed by atoms with Gasteiger partial charge in [0.15, 0.2) is 0 Å². The number of ketones is 1. The molecule has 0 heterocycles. The van der Waals surface area contributed by atoms with E-state index in [4.69, 9.17) is 0 Å². The van der Waals surface area contributed by atoms with Crippen LogP contribution in [0, 0.1) is 23.2 Å². The highest BCUT2D eigenvalue weighted by Crippen LogP contribution is 2.51. The van der Waals surface area contributed by atoms with E-state index in [1.807, 2.05) is 0 Å². The van der Waals surface area contributed by atoms with Crippen molar-refractivity contribution < 1.29 is 4.79 Å². The summed E-state index contributed by atoms with van der Waals surface area (Å²) in [5.41, 5.74) is 0.0458. The van der Waals surface area contributed by atoms with Crippen molar-refractivity contribution in [3.63, 3.8) is 0 Å². The fourth-order valence-corrected chi connectivity index (χ4v) is 3.54. The maximum Gasteiger partial charge on any atom is 0.142 e. The van der Waals surface area contributed by atoms with Crippen LogP contribution in [0.3, 0.4) is 0 Å². The normalized spacial score (nSPS) is 48.8. The van der Waals surface area contributed by atoms with Gasteiger partial charge >= 0.3 is 0 Å². The number of carbonyl (C=O) groups excluding carboxylic acids is 1. The predicted octanol–water partition coefficient (Wildman–Crippen LogP) is 3.43. The number of Topliss-reactive ketones (excluding diaryl/α,β-unsaturated/α-hetero) is 1. The van der Waals surface area contributed by atoms with Crippen molar-refractivity contribution in [2.24, 2.45) is 23.2 Å². The average molecular weight is 194 g/mol. The third kappa shape index (κ3) is 1.32. The number of fused-ring (bicyclic) bond motifs is 1. The van der Waals surface area contributed by atoms with E-state index >= 15 is 0 Å². The van der Waals surface area contributed by atoms with Crippen LogP contribution in [0.1, 0.15) is 52.9 Å². The van der Waals surface area contributed by atoms with Crippen molar-refractivity contribution in [1.82, 2.24) is 0 Å². The highest BCUT2D eigenvalue weighted by molar-refractivity contribution is 5.87. The average Bonchev–Trinajstić information content (AvgIpc) is 2.17. The first-order chi connectivity index (χ1) is 6.55. The Morgan fingerprint density at radius 2 is 2.00 bits per heavy atom. The number of rotatable bonds is 0. The molecule has 2 saturated carbocycles. The maximum absolute atomic E-state index is 12.3. The molecule has 1 nitrogen and oxygen atoms in total. The van der Waals surface area contributed by atoms with Crippen molar-refractivity contribution in [1.29, 1.82) is 0 Å². The summed E-state index contributed by atoms with van der Waals surface area (Å²) < 4.78 is 0. The fourth-order valence-electron chi connectivity index (χ4n) is 3.54. The molecule has 0 amide bonds. The van der Waals surface area contributed by atoms with Crippen LogP contribution in [0.5, 0.6) is 0 Å². The van der Waals surface area contributed by atoms with Gasteiger partial charge in [-0.25, -0.2) is 0 Å². The van der Waals surface area contributed by atoms with E-state index in [0.717, 1.165) is 6.42 Å². The molecule has 0 aromatic rings. The number of carbonyl (C=O) groups is 1. The van der Waals surface area contributed by atoms with E-state index in [1.54, 1.807) is 0 Å². The Balaban J connectivity index is 2.25. The van der Waals surface area contributed by atoms with Crippen molar-refractivity contribution in [3.8, 4) is 0 Å². The van der Waals surface area contributed by atoms with Crippen LogP contribution in [-0.4, -0.2) is 5.78 Å². The molecule has 2 aliphatic carbocycles. The first-order valence-electron chi connectivity index (χ1n) is 6.10. The van der Waals surface area contributed by atoms with E-state index in [-0.39, 0.29) is 5.41 Å². The molecular weight excluding hydrogens is 172 g/mol. The molecule has 2 rings (SSSR count). The number of hydrogen-bond acceptors (Lipinski definition) is 1. The molecule has 0 N–H and O–H groups in total. The molecule has 0 radical (unpaired) electrons. The summed E-state index contributed by atoms with van der Waals surface area (Å²) in [6.07, 6.45) is 6.32. The van der Waals surface area contributed by atoms with E-state index in [9.17, 15) is 4.79 Å². The quantitative estimate of drug-likeness (QED) is 0.577. The van der Waals surface area contributed by atoms with Crippen molar-refractivity contribution in [3.05, 3.63) is 0 Å². The molecule has 80 valence electrons. The lowest BCUT2D eigenvalue weighted by molar-refractivity contribution is -0.144. The van der Waals surface area contributed by atoms with Crippen LogP contribution in [0.25, 0.3) is 0 Å². The van der Waals surface area contributed by atoms with Crippen molar-refractivity contribution in [2.75, 3.05) is 0 Å². The van der Waals surface area contributed by atoms with E-state index < -0.39 is 0 Å². The lowest BCUT2D eigenvalue weighted by Gasteiger charge is -2.48. The first-order valence-corrected chi connectivity index (χ1v) is 6.10. The minimum absolute atomic E-state index is 0.0458. The standard InChI is InChI=1S/C13H22O/c1-9-8-11-6-4-5-7-13(11,3)12(14)10(9)2/h9-11H,4-8H2,1-3H3. The van der Waals surface area contributed by atoms with Gasteiger partial charge in [0, 0.05) is 11.3 Å². The van der Waals surface area contributed by atoms with Gasteiger partial charge in [-0.05, 0) is 31.1 Å². The van der Waals surface area contributed by atoms with E-state index in [2.05, 4.69) is 20.8 Å². The molecule has 1 heteroatoms. The fraction of sp³-hybridized carbons (Fsp3) is 0.923. The summed E-state index contributed by atoms with van der Waals surface area (Å²) in [6.45, 7) is 6.60. The molecule has 0 saturated heterocycles. The third-order valence-corrected chi connectivity index (χ3v) is 4.89. The summed E-state index contributed by atoms with van der Waals surface area (Å²) in [5, 5.41) is 0. The summed E-state index contributed by atoms with van der Waals surface area (Å²) in [6, 6.07) is 0. The third-order valence-electron chi connectivity index (χ3n) is 4.89. The topological polar surface area (TPSA) is 17.1 Å². The Morgan fingerprint density at radius 3 is 2.71 bits per heavy atom. The minimum atomic E-state index is 0.0458. The smallest absolute Gasteiger partial charge is 0.142 e. The molecule has 2 aliphatic rings. The molecule has 0 aliphatic heterocycles. The van der Waals surface area contributed by atoms with Gasteiger partial charge in [0.05, 0.1) is 0 Å². The molecular formula is C13H22O. The molecule has 2 fully saturated rings. The van der Waals surface area contributed by atoms with Crippen LogP contribution < -0.4 is 0 Å². The highest BCUT2D eigenvalue weighted by atomic mass is 16.1. The van der Waals surface area contributed by atoms with E-state index in [1.165, 1.54) is 25.7 Å². The molecule has 0 aromatic heterocycles. The molecule has 4 unspecified atom stereocenters.